The number of hydrogen-bond donors (Lipinski definition) is 1. The third-order valence-electron chi connectivity index (χ3n) is 2.83. The van der Waals surface area contributed by atoms with E-state index in [4.69, 9.17) is 9.47 Å². The minimum atomic E-state index is -0.231. The Hall–Kier alpha value is -1.53. The molecule has 6 heteroatoms. The molecule has 2 aromatic rings. The van der Waals surface area contributed by atoms with Crippen molar-refractivity contribution in [2.45, 2.75) is 0 Å². The van der Waals surface area contributed by atoms with E-state index in [1.54, 1.807) is 44.6 Å². The Morgan fingerprint density at radius 3 is 2.38 bits per heavy atom. The summed E-state index contributed by atoms with van der Waals surface area (Å²) < 4.78 is 11.9. The molecule has 0 spiro atoms. The molecule has 0 atom stereocenters. The van der Waals surface area contributed by atoms with Gasteiger partial charge in [0.05, 0.1) is 24.3 Å². The molecular formula is C15H13Br2NO3. The van der Waals surface area contributed by atoms with Gasteiger partial charge in [-0.1, -0.05) is 0 Å². The Bertz CT molecular complexity index is 674. The molecule has 1 N–H and O–H groups in total. The van der Waals surface area contributed by atoms with Crippen molar-refractivity contribution in [1.29, 1.82) is 0 Å². The highest BCUT2D eigenvalue weighted by Crippen LogP contribution is 2.29. The number of benzene rings is 2. The van der Waals surface area contributed by atoms with Crippen molar-refractivity contribution in [1.82, 2.24) is 0 Å². The molecule has 0 aliphatic heterocycles. The molecule has 0 unspecified atom stereocenters. The summed E-state index contributed by atoms with van der Waals surface area (Å²) in [5, 5.41) is 2.83. The third-order valence-corrected chi connectivity index (χ3v) is 4.17. The Kier molecular flexibility index (Phi) is 5.25. The van der Waals surface area contributed by atoms with Crippen LogP contribution in [-0.2, 0) is 0 Å². The lowest BCUT2D eigenvalue weighted by Crippen LogP contribution is -2.12. The number of carbonyl (C=O) groups excluding carboxylic acids is 1. The average Bonchev–Trinajstić information content (AvgIpc) is 2.49. The summed E-state index contributed by atoms with van der Waals surface area (Å²) >= 11 is 6.74. The number of anilines is 1. The molecule has 2 rings (SSSR count). The van der Waals surface area contributed by atoms with Gasteiger partial charge in [-0.25, -0.2) is 0 Å². The van der Waals surface area contributed by atoms with Gasteiger partial charge < -0.3 is 14.8 Å². The molecule has 0 aromatic heterocycles. The molecule has 0 bridgehead atoms. The molecule has 110 valence electrons. The first-order valence-electron chi connectivity index (χ1n) is 6.03. The molecule has 1 amide bonds. The SMILES string of the molecule is COc1ccc(Br)c(C(=O)Nc2ccc(Br)c(OC)c2)c1. The fraction of sp³-hybridized carbons (Fsp3) is 0.133. The molecule has 4 nitrogen and oxygen atoms in total. The Morgan fingerprint density at radius 2 is 1.71 bits per heavy atom. The first kappa shape index (κ1) is 15.9. The smallest absolute Gasteiger partial charge is 0.256 e. The second-order valence-electron chi connectivity index (χ2n) is 4.15. The number of hydrogen-bond acceptors (Lipinski definition) is 3. The fourth-order valence-corrected chi connectivity index (χ4v) is 2.58. The summed E-state index contributed by atoms with van der Waals surface area (Å²) in [7, 11) is 3.13. The van der Waals surface area contributed by atoms with Crippen LogP contribution in [0.2, 0.25) is 0 Å². The van der Waals surface area contributed by atoms with Gasteiger partial charge >= 0.3 is 0 Å². The molecule has 0 aliphatic rings. The van der Waals surface area contributed by atoms with Crippen LogP contribution in [0, 0.1) is 0 Å². The van der Waals surface area contributed by atoms with Gasteiger partial charge in [0.25, 0.3) is 5.91 Å². The maximum atomic E-state index is 12.3. The number of nitrogens with one attached hydrogen (secondary N) is 1. The zero-order chi connectivity index (χ0) is 15.4. The number of amides is 1. The van der Waals surface area contributed by atoms with Crippen molar-refractivity contribution in [3.63, 3.8) is 0 Å². The van der Waals surface area contributed by atoms with Crippen molar-refractivity contribution >= 4 is 43.5 Å². The Balaban J connectivity index is 2.25. The predicted molar refractivity (Wildman–Crippen MR) is 89.3 cm³/mol. The summed E-state index contributed by atoms with van der Waals surface area (Å²) in [6, 6.07) is 10.6. The van der Waals surface area contributed by atoms with Gasteiger partial charge in [-0.05, 0) is 62.2 Å². The topological polar surface area (TPSA) is 47.6 Å². The van der Waals surface area contributed by atoms with E-state index in [9.17, 15) is 4.79 Å². The molecule has 2 aromatic carbocycles. The van der Waals surface area contributed by atoms with E-state index < -0.39 is 0 Å². The standard InChI is InChI=1S/C15H13Br2NO3/c1-20-10-4-6-12(16)11(8-10)15(19)18-9-3-5-13(17)14(7-9)21-2/h3-8H,1-2H3,(H,18,19). The van der Waals surface area contributed by atoms with Crippen molar-refractivity contribution in [3.05, 3.63) is 50.9 Å². The number of carbonyl (C=O) groups is 1. The number of methoxy groups -OCH3 is 2. The van der Waals surface area contributed by atoms with Crippen LogP contribution in [0.1, 0.15) is 10.4 Å². The first-order valence-corrected chi connectivity index (χ1v) is 7.62. The van der Waals surface area contributed by atoms with Gasteiger partial charge in [0.2, 0.25) is 0 Å². The van der Waals surface area contributed by atoms with E-state index in [1.807, 2.05) is 6.07 Å². The van der Waals surface area contributed by atoms with Crippen LogP contribution in [0.4, 0.5) is 5.69 Å². The lowest BCUT2D eigenvalue weighted by Gasteiger charge is -2.10. The monoisotopic (exact) mass is 413 g/mol. The highest BCUT2D eigenvalue weighted by atomic mass is 79.9. The van der Waals surface area contributed by atoms with Crippen LogP contribution in [0.5, 0.6) is 11.5 Å². The number of ether oxygens (including phenoxy) is 2. The van der Waals surface area contributed by atoms with Gasteiger partial charge in [-0.3, -0.25) is 4.79 Å². The summed E-state index contributed by atoms with van der Waals surface area (Å²) in [5.41, 5.74) is 1.14. The van der Waals surface area contributed by atoms with Crippen LogP contribution < -0.4 is 14.8 Å². The van der Waals surface area contributed by atoms with E-state index in [0.29, 0.717) is 27.2 Å². The van der Waals surface area contributed by atoms with E-state index in [2.05, 4.69) is 37.2 Å². The van der Waals surface area contributed by atoms with Gasteiger partial charge in [-0.15, -0.1) is 0 Å². The van der Waals surface area contributed by atoms with Gasteiger partial charge in [0.15, 0.2) is 0 Å². The normalized spacial score (nSPS) is 10.1. The van der Waals surface area contributed by atoms with Crippen molar-refractivity contribution in [2.75, 3.05) is 19.5 Å². The third kappa shape index (κ3) is 3.77. The zero-order valence-electron chi connectivity index (χ0n) is 11.4. The van der Waals surface area contributed by atoms with Crippen LogP contribution in [0.3, 0.4) is 0 Å². The highest BCUT2D eigenvalue weighted by Gasteiger charge is 2.12. The minimum Gasteiger partial charge on any atom is -0.497 e. The van der Waals surface area contributed by atoms with E-state index in [-0.39, 0.29) is 5.91 Å². The Labute approximate surface area is 139 Å². The molecular weight excluding hydrogens is 402 g/mol. The van der Waals surface area contributed by atoms with Gasteiger partial charge in [0, 0.05) is 16.2 Å². The molecule has 0 fully saturated rings. The first-order chi connectivity index (χ1) is 10.0. The van der Waals surface area contributed by atoms with Gasteiger partial charge in [-0.2, -0.15) is 0 Å². The maximum Gasteiger partial charge on any atom is 0.256 e. The lowest BCUT2D eigenvalue weighted by molar-refractivity contribution is 0.102. The number of halogens is 2. The molecule has 0 heterocycles. The minimum absolute atomic E-state index is 0.231. The second kappa shape index (κ2) is 6.95. The maximum absolute atomic E-state index is 12.3. The van der Waals surface area contributed by atoms with Crippen molar-refractivity contribution in [3.8, 4) is 11.5 Å². The quantitative estimate of drug-likeness (QED) is 0.802. The van der Waals surface area contributed by atoms with Crippen LogP contribution >= 0.6 is 31.9 Å². The van der Waals surface area contributed by atoms with Crippen LogP contribution in [0.25, 0.3) is 0 Å². The molecule has 0 saturated heterocycles. The van der Waals surface area contributed by atoms with Crippen molar-refractivity contribution in [2.24, 2.45) is 0 Å². The van der Waals surface area contributed by atoms with E-state index in [1.165, 1.54) is 0 Å². The molecule has 21 heavy (non-hydrogen) atoms. The van der Waals surface area contributed by atoms with E-state index >= 15 is 0 Å². The molecule has 0 saturated carbocycles. The summed E-state index contributed by atoms with van der Waals surface area (Å²) in [5.74, 6) is 1.04. The summed E-state index contributed by atoms with van der Waals surface area (Å²) in [4.78, 5) is 12.3. The van der Waals surface area contributed by atoms with Crippen molar-refractivity contribution < 1.29 is 14.3 Å². The fourth-order valence-electron chi connectivity index (χ4n) is 1.74. The van der Waals surface area contributed by atoms with Crippen LogP contribution in [0.15, 0.2) is 45.3 Å². The summed E-state index contributed by atoms with van der Waals surface area (Å²) in [6.45, 7) is 0. The lowest BCUT2D eigenvalue weighted by atomic mass is 10.2. The average molecular weight is 415 g/mol. The molecule has 0 radical (unpaired) electrons. The Morgan fingerprint density at radius 1 is 1.00 bits per heavy atom. The summed E-state index contributed by atoms with van der Waals surface area (Å²) in [6.07, 6.45) is 0. The highest BCUT2D eigenvalue weighted by molar-refractivity contribution is 9.10. The molecule has 0 aliphatic carbocycles. The second-order valence-corrected chi connectivity index (χ2v) is 5.86. The van der Waals surface area contributed by atoms with Gasteiger partial charge in [0.1, 0.15) is 11.5 Å². The van der Waals surface area contributed by atoms with E-state index in [0.717, 1.165) is 4.47 Å². The predicted octanol–water partition coefficient (Wildman–Crippen LogP) is 4.48. The largest absolute Gasteiger partial charge is 0.497 e. The van der Waals surface area contributed by atoms with Crippen LogP contribution in [-0.4, -0.2) is 20.1 Å². The number of rotatable bonds is 4. The zero-order valence-corrected chi connectivity index (χ0v) is 14.6.